The summed E-state index contributed by atoms with van der Waals surface area (Å²) in [4.78, 5) is 2.34. The summed E-state index contributed by atoms with van der Waals surface area (Å²) in [5.41, 5.74) is 2.67. The second-order valence-corrected chi connectivity index (χ2v) is 6.62. The number of methoxy groups -OCH3 is 1. The normalized spacial score (nSPS) is 16.7. The number of aromatic nitrogens is 2. The van der Waals surface area contributed by atoms with Gasteiger partial charge in [-0.15, -0.1) is 10.2 Å². The minimum Gasteiger partial charge on any atom is -0.493 e. The molecule has 1 aliphatic rings. The fraction of sp³-hybridized carbons (Fsp3) is 0.333. The molecule has 0 bridgehead atoms. The van der Waals surface area contributed by atoms with Gasteiger partial charge in [0.1, 0.15) is 6.61 Å². The van der Waals surface area contributed by atoms with Gasteiger partial charge in [-0.05, 0) is 29.7 Å². The van der Waals surface area contributed by atoms with E-state index in [9.17, 15) is 0 Å². The number of fused-ring (bicyclic) bond motifs is 1. The van der Waals surface area contributed by atoms with Crippen molar-refractivity contribution in [3.05, 3.63) is 71.4 Å². The van der Waals surface area contributed by atoms with Crippen LogP contribution in [0.25, 0.3) is 0 Å². The predicted molar refractivity (Wildman–Crippen MR) is 101 cm³/mol. The molecule has 1 aromatic heterocycles. The zero-order valence-corrected chi connectivity index (χ0v) is 15.6. The minimum absolute atomic E-state index is 0.0577. The Balaban J connectivity index is 1.50. The Morgan fingerprint density at radius 2 is 1.78 bits per heavy atom. The molecule has 0 spiro atoms. The van der Waals surface area contributed by atoms with Gasteiger partial charge >= 0.3 is 0 Å². The van der Waals surface area contributed by atoms with E-state index >= 15 is 0 Å². The molecule has 0 aliphatic carbocycles. The number of benzene rings is 2. The van der Waals surface area contributed by atoms with Gasteiger partial charge in [-0.25, -0.2) is 0 Å². The van der Waals surface area contributed by atoms with E-state index < -0.39 is 0 Å². The van der Waals surface area contributed by atoms with Gasteiger partial charge in [-0.2, -0.15) is 0 Å². The molecule has 27 heavy (non-hydrogen) atoms. The van der Waals surface area contributed by atoms with Gasteiger partial charge in [0.2, 0.25) is 11.8 Å². The standard InChI is InChI=1S/C21H23N3O3/c1-15-22-23-21(27-15)18-13-16-7-3-4-8-17(16)14-24(18)11-12-26-20-10-6-5-9-19(20)25-2/h3-10,18H,11-14H2,1-2H3/t18-/m0/s1. The fourth-order valence-electron chi connectivity index (χ4n) is 3.51. The lowest BCUT2D eigenvalue weighted by Crippen LogP contribution is -2.37. The number of ether oxygens (including phenoxy) is 2. The van der Waals surface area contributed by atoms with E-state index in [-0.39, 0.29) is 6.04 Å². The van der Waals surface area contributed by atoms with E-state index in [0.717, 1.165) is 31.0 Å². The van der Waals surface area contributed by atoms with E-state index in [4.69, 9.17) is 13.9 Å². The maximum Gasteiger partial charge on any atom is 0.233 e. The van der Waals surface area contributed by atoms with Gasteiger partial charge in [0, 0.05) is 20.0 Å². The highest BCUT2D eigenvalue weighted by Crippen LogP contribution is 2.32. The quantitative estimate of drug-likeness (QED) is 0.666. The third-order valence-electron chi connectivity index (χ3n) is 4.88. The highest BCUT2D eigenvalue weighted by molar-refractivity contribution is 5.39. The second kappa shape index (κ2) is 7.80. The van der Waals surface area contributed by atoms with Crippen molar-refractivity contribution in [1.29, 1.82) is 0 Å². The number of aryl methyl sites for hydroxylation is 1. The molecule has 6 nitrogen and oxygen atoms in total. The summed E-state index contributed by atoms with van der Waals surface area (Å²) in [6.07, 6.45) is 0.854. The molecule has 2 heterocycles. The number of rotatable bonds is 6. The maximum atomic E-state index is 5.97. The Morgan fingerprint density at radius 3 is 2.52 bits per heavy atom. The molecular weight excluding hydrogens is 342 g/mol. The van der Waals surface area contributed by atoms with Crippen LogP contribution < -0.4 is 9.47 Å². The number of hydrogen-bond acceptors (Lipinski definition) is 6. The lowest BCUT2D eigenvalue weighted by atomic mass is 9.94. The molecule has 0 unspecified atom stereocenters. The zero-order valence-electron chi connectivity index (χ0n) is 15.6. The Bertz CT molecular complexity index is 909. The molecule has 1 atom stereocenters. The molecule has 0 N–H and O–H groups in total. The van der Waals surface area contributed by atoms with E-state index in [1.807, 2.05) is 31.2 Å². The van der Waals surface area contributed by atoms with Crippen LogP contribution in [0.4, 0.5) is 0 Å². The lowest BCUT2D eigenvalue weighted by Gasteiger charge is -2.34. The van der Waals surface area contributed by atoms with Crippen LogP contribution >= 0.6 is 0 Å². The summed E-state index contributed by atoms with van der Waals surface area (Å²) in [7, 11) is 1.65. The average molecular weight is 365 g/mol. The van der Waals surface area contributed by atoms with Crippen LogP contribution in [0, 0.1) is 6.92 Å². The van der Waals surface area contributed by atoms with Gasteiger partial charge in [-0.3, -0.25) is 4.90 Å². The molecule has 0 fully saturated rings. The predicted octanol–water partition coefficient (Wildman–Crippen LogP) is 3.57. The third kappa shape index (κ3) is 3.80. The first-order valence-electron chi connectivity index (χ1n) is 9.11. The monoisotopic (exact) mass is 365 g/mol. The zero-order chi connectivity index (χ0) is 18.6. The molecule has 2 aromatic carbocycles. The molecule has 0 radical (unpaired) electrons. The first kappa shape index (κ1) is 17.5. The Hall–Kier alpha value is -2.86. The summed E-state index contributed by atoms with van der Waals surface area (Å²) in [5, 5.41) is 8.28. The molecule has 4 rings (SSSR count). The van der Waals surface area contributed by atoms with Crippen molar-refractivity contribution in [3.63, 3.8) is 0 Å². The third-order valence-corrected chi connectivity index (χ3v) is 4.88. The first-order valence-corrected chi connectivity index (χ1v) is 9.11. The SMILES string of the molecule is COc1ccccc1OCCN1Cc2ccccc2C[C@H]1c1nnc(C)o1. The Kier molecular flexibility index (Phi) is 5.07. The second-order valence-electron chi connectivity index (χ2n) is 6.62. The van der Waals surface area contributed by atoms with Crippen molar-refractivity contribution in [2.75, 3.05) is 20.3 Å². The van der Waals surface area contributed by atoms with Gasteiger partial charge in [-0.1, -0.05) is 36.4 Å². The van der Waals surface area contributed by atoms with Crippen molar-refractivity contribution in [2.24, 2.45) is 0 Å². The van der Waals surface area contributed by atoms with Crippen molar-refractivity contribution < 1.29 is 13.9 Å². The summed E-state index contributed by atoms with van der Waals surface area (Å²) in [6, 6.07) is 16.3. The van der Waals surface area contributed by atoms with Crippen LogP contribution in [-0.2, 0) is 13.0 Å². The number of nitrogens with zero attached hydrogens (tertiary/aromatic N) is 3. The van der Waals surface area contributed by atoms with Gasteiger partial charge in [0.25, 0.3) is 0 Å². The van der Waals surface area contributed by atoms with Crippen LogP contribution in [0.15, 0.2) is 52.9 Å². The fourth-order valence-corrected chi connectivity index (χ4v) is 3.51. The summed E-state index contributed by atoms with van der Waals surface area (Å²) < 4.78 is 17.1. The first-order chi connectivity index (χ1) is 13.2. The van der Waals surface area contributed by atoms with Crippen molar-refractivity contribution in [1.82, 2.24) is 15.1 Å². The average Bonchev–Trinajstić information content (AvgIpc) is 3.14. The maximum absolute atomic E-state index is 5.97. The van der Waals surface area contributed by atoms with Gasteiger partial charge in [0.15, 0.2) is 11.5 Å². The van der Waals surface area contributed by atoms with Crippen LogP contribution in [0.1, 0.15) is 29.0 Å². The van der Waals surface area contributed by atoms with Crippen molar-refractivity contribution in [3.8, 4) is 11.5 Å². The molecule has 140 valence electrons. The van der Waals surface area contributed by atoms with Crippen molar-refractivity contribution >= 4 is 0 Å². The smallest absolute Gasteiger partial charge is 0.233 e. The van der Waals surface area contributed by atoms with Crippen LogP contribution in [0.5, 0.6) is 11.5 Å². The van der Waals surface area contributed by atoms with Crippen molar-refractivity contribution in [2.45, 2.75) is 25.9 Å². The molecule has 3 aromatic rings. The largest absolute Gasteiger partial charge is 0.493 e. The highest BCUT2D eigenvalue weighted by Gasteiger charge is 2.30. The molecule has 6 heteroatoms. The summed E-state index contributed by atoms with van der Waals surface area (Å²) in [6.45, 7) is 3.95. The Morgan fingerprint density at radius 1 is 1.04 bits per heavy atom. The number of para-hydroxylation sites is 2. The molecule has 0 saturated heterocycles. The van der Waals surface area contributed by atoms with Gasteiger partial charge in [0.05, 0.1) is 13.2 Å². The van der Waals surface area contributed by atoms with E-state index in [0.29, 0.717) is 18.4 Å². The topological polar surface area (TPSA) is 60.6 Å². The van der Waals surface area contributed by atoms with E-state index in [1.165, 1.54) is 11.1 Å². The van der Waals surface area contributed by atoms with Crippen LogP contribution in [0.2, 0.25) is 0 Å². The van der Waals surface area contributed by atoms with Gasteiger partial charge < -0.3 is 13.9 Å². The summed E-state index contributed by atoms with van der Waals surface area (Å²) >= 11 is 0. The molecule has 0 amide bonds. The minimum atomic E-state index is 0.0577. The van der Waals surface area contributed by atoms with E-state index in [2.05, 4.69) is 39.4 Å². The van der Waals surface area contributed by atoms with E-state index in [1.54, 1.807) is 7.11 Å². The molecule has 1 aliphatic heterocycles. The van der Waals surface area contributed by atoms with Crippen LogP contribution in [0.3, 0.4) is 0 Å². The Labute approximate surface area is 158 Å². The molecule has 0 saturated carbocycles. The molecular formula is C21H23N3O3. The van der Waals surface area contributed by atoms with Crippen LogP contribution in [-0.4, -0.2) is 35.4 Å². The summed E-state index contributed by atoms with van der Waals surface area (Å²) in [5.74, 6) is 2.75. The highest BCUT2D eigenvalue weighted by atomic mass is 16.5. The lowest BCUT2D eigenvalue weighted by molar-refractivity contribution is 0.119. The number of hydrogen-bond donors (Lipinski definition) is 0.